The Balaban J connectivity index is 3.08. The number of hydrogen-bond donors (Lipinski definition) is 2. The molecule has 0 saturated carbocycles. The molecule has 0 bridgehead atoms. The predicted octanol–water partition coefficient (Wildman–Crippen LogP) is 1.51. The van der Waals surface area contributed by atoms with Gasteiger partial charge in [0.2, 0.25) is 0 Å². The van der Waals surface area contributed by atoms with Gasteiger partial charge in [-0.25, -0.2) is 0 Å². The van der Waals surface area contributed by atoms with E-state index >= 15 is 0 Å². The van der Waals surface area contributed by atoms with Crippen LogP contribution in [-0.2, 0) is 5.41 Å². The zero-order valence-electron chi connectivity index (χ0n) is 9.00. The van der Waals surface area contributed by atoms with Gasteiger partial charge in [0.25, 0.3) is 0 Å². The van der Waals surface area contributed by atoms with Crippen LogP contribution in [0.1, 0.15) is 19.4 Å². The van der Waals surface area contributed by atoms with Crippen molar-refractivity contribution in [3.8, 4) is 5.75 Å². The van der Waals surface area contributed by atoms with Crippen LogP contribution in [0.5, 0.6) is 5.75 Å². The SMILES string of the molecule is COc1ccc(C(C)(C)CN)cc1N. The highest BCUT2D eigenvalue weighted by Crippen LogP contribution is 2.28. The van der Waals surface area contributed by atoms with Crippen LogP contribution in [0, 0.1) is 0 Å². The van der Waals surface area contributed by atoms with Gasteiger partial charge in [-0.1, -0.05) is 19.9 Å². The van der Waals surface area contributed by atoms with E-state index in [9.17, 15) is 0 Å². The van der Waals surface area contributed by atoms with Crippen LogP contribution in [0.25, 0.3) is 0 Å². The highest BCUT2D eigenvalue weighted by Gasteiger charge is 2.19. The lowest BCUT2D eigenvalue weighted by atomic mass is 9.84. The van der Waals surface area contributed by atoms with E-state index < -0.39 is 0 Å². The van der Waals surface area contributed by atoms with Gasteiger partial charge in [-0.3, -0.25) is 0 Å². The Bertz CT molecular complexity index is 321. The highest BCUT2D eigenvalue weighted by atomic mass is 16.5. The molecule has 0 saturated heterocycles. The smallest absolute Gasteiger partial charge is 0.141 e. The van der Waals surface area contributed by atoms with Crippen molar-refractivity contribution in [2.75, 3.05) is 19.4 Å². The molecule has 0 aliphatic rings. The maximum absolute atomic E-state index is 5.82. The molecule has 0 heterocycles. The molecule has 0 atom stereocenters. The van der Waals surface area contributed by atoms with Gasteiger partial charge >= 0.3 is 0 Å². The number of nitrogens with two attached hydrogens (primary N) is 2. The van der Waals surface area contributed by atoms with Crippen LogP contribution < -0.4 is 16.2 Å². The molecule has 0 unspecified atom stereocenters. The van der Waals surface area contributed by atoms with E-state index in [1.807, 2.05) is 18.2 Å². The third kappa shape index (κ3) is 1.99. The maximum atomic E-state index is 5.82. The van der Waals surface area contributed by atoms with Crippen molar-refractivity contribution in [2.45, 2.75) is 19.3 Å². The number of rotatable bonds is 3. The Hall–Kier alpha value is -1.22. The lowest BCUT2D eigenvalue weighted by Crippen LogP contribution is -2.28. The van der Waals surface area contributed by atoms with Crippen LogP contribution in [0.3, 0.4) is 0 Å². The monoisotopic (exact) mass is 194 g/mol. The Kier molecular flexibility index (Phi) is 3.01. The standard InChI is InChI=1S/C11H18N2O/c1-11(2,7-12)8-4-5-10(14-3)9(13)6-8/h4-6H,7,12-13H2,1-3H3. The first-order chi connectivity index (χ1) is 6.51. The van der Waals surface area contributed by atoms with Gasteiger partial charge in [0.1, 0.15) is 5.75 Å². The second-order valence-electron chi connectivity index (χ2n) is 4.04. The molecule has 3 nitrogen and oxygen atoms in total. The van der Waals surface area contributed by atoms with Crippen molar-refractivity contribution in [3.63, 3.8) is 0 Å². The summed E-state index contributed by atoms with van der Waals surface area (Å²) in [6, 6.07) is 5.80. The molecule has 0 aromatic heterocycles. The number of ether oxygens (including phenoxy) is 1. The summed E-state index contributed by atoms with van der Waals surface area (Å²) >= 11 is 0. The summed E-state index contributed by atoms with van der Waals surface area (Å²) in [5.74, 6) is 0.710. The summed E-state index contributed by atoms with van der Waals surface area (Å²) in [5.41, 5.74) is 13.3. The number of benzene rings is 1. The minimum atomic E-state index is -0.0413. The van der Waals surface area contributed by atoms with E-state index in [2.05, 4.69) is 13.8 Å². The Morgan fingerprint density at radius 3 is 2.43 bits per heavy atom. The fourth-order valence-electron chi connectivity index (χ4n) is 1.27. The van der Waals surface area contributed by atoms with Gasteiger partial charge < -0.3 is 16.2 Å². The largest absolute Gasteiger partial charge is 0.495 e. The maximum Gasteiger partial charge on any atom is 0.141 e. The predicted molar refractivity (Wildman–Crippen MR) is 59.5 cm³/mol. The Morgan fingerprint density at radius 1 is 1.36 bits per heavy atom. The molecule has 14 heavy (non-hydrogen) atoms. The van der Waals surface area contributed by atoms with Crippen molar-refractivity contribution in [1.29, 1.82) is 0 Å². The van der Waals surface area contributed by atoms with Crippen LogP contribution in [0.2, 0.25) is 0 Å². The first kappa shape index (κ1) is 10.9. The summed E-state index contributed by atoms with van der Waals surface area (Å²) in [5, 5.41) is 0. The van der Waals surface area contributed by atoms with Crippen LogP contribution in [-0.4, -0.2) is 13.7 Å². The van der Waals surface area contributed by atoms with Crippen molar-refractivity contribution in [1.82, 2.24) is 0 Å². The van der Waals surface area contributed by atoms with Crippen molar-refractivity contribution in [3.05, 3.63) is 23.8 Å². The molecule has 1 aromatic carbocycles. The zero-order valence-corrected chi connectivity index (χ0v) is 9.00. The van der Waals surface area contributed by atoms with Gasteiger partial charge in [-0.2, -0.15) is 0 Å². The number of hydrogen-bond acceptors (Lipinski definition) is 3. The minimum Gasteiger partial charge on any atom is -0.495 e. The van der Waals surface area contributed by atoms with E-state index in [4.69, 9.17) is 16.2 Å². The molecular weight excluding hydrogens is 176 g/mol. The second kappa shape index (κ2) is 3.88. The molecule has 78 valence electrons. The molecule has 0 fully saturated rings. The minimum absolute atomic E-state index is 0.0413. The average molecular weight is 194 g/mol. The normalized spacial score (nSPS) is 11.4. The third-order valence-electron chi connectivity index (χ3n) is 2.52. The lowest BCUT2D eigenvalue weighted by Gasteiger charge is -2.23. The molecule has 0 amide bonds. The van der Waals surface area contributed by atoms with Gasteiger partial charge in [-0.05, 0) is 17.7 Å². The fourth-order valence-corrected chi connectivity index (χ4v) is 1.27. The van der Waals surface area contributed by atoms with E-state index in [1.165, 1.54) is 0 Å². The molecular formula is C11H18N2O. The van der Waals surface area contributed by atoms with Crippen LogP contribution in [0.4, 0.5) is 5.69 Å². The van der Waals surface area contributed by atoms with Crippen LogP contribution in [0.15, 0.2) is 18.2 Å². The van der Waals surface area contributed by atoms with Crippen molar-refractivity contribution >= 4 is 5.69 Å². The molecule has 4 N–H and O–H groups in total. The zero-order chi connectivity index (χ0) is 10.8. The topological polar surface area (TPSA) is 61.3 Å². The van der Waals surface area contributed by atoms with Crippen molar-refractivity contribution in [2.24, 2.45) is 5.73 Å². The van der Waals surface area contributed by atoms with Gasteiger partial charge in [-0.15, -0.1) is 0 Å². The van der Waals surface area contributed by atoms with Gasteiger partial charge in [0.05, 0.1) is 12.8 Å². The van der Waals surface area contributed by atoms with E-state index in [1.54, 1.807) is 7.11 Å². The number of nitrogen functional groups attached to an aromatic ring is 1. The first-order valence-corrected chi connectivity index (χ1v) is 4.65. The molecule has 0 aliphatic carbocycles. The average Bonchev–Trinajstić information content (AvgIpc) is 2.17. The Labute approximate surface area is 85.0 Å². The summed E-state index contributed by atoms with van der Waals surface area (Å²) in [6.45, 7) is 4.78. The summed E-state index contributed by atoms with van der Waals surface area (Å²) < 4.78 is 5.09. The summed E-state index contributed by atoms with van der Waals surface area (Å²) in [7, 11) is 1.61. The molecule has 0 aliphatic heterocycles. The van der Waals surface area contributed by atoms with E-state index in [0.29, 0.717) is 18.0 Å². The number of anilines is 1. The molecule has 1 rings (SSSR count). The lowest BCUT2D eigenvalue weighted by molar-refractivity contribution is 0.416. The molecule has 0 spiro atoms. The summed E-state index contributed by atoms with van der Waals surface area (Å²) in [4.78, 5) is 0. The summed E-state index contributed by atoms with van der Waals surface area (Å²) in [6.07, 6.45) is 0. The number of methoxy groups -OCH3 is 1. The van der Waals surface area contributed by atoms with E-state index in [0.717, 1.165) is 5.56 Å². The first-order valence-electron chi connectivity index (χ1n) is 4.65. The van der Waals surface area contributed by atoms with Gasteiger partial charge in [0.15, 0.2) is 0 Å². The van der Waals surface area contributed by atoms with E-state index in [-0.39, 0.29) is 5.41 Å². The third-order valence-corrected chi connectivity index (χ3v) is 2.52. The highest BCUT2D eigenvalue weighted by molar-refractivity contribution is 5.55. The fraction of sp³-hybridized carbons (Fsp3) is 0.455. The quantitative estimate of drug-likeness (QED) is 0.717. The Morgan fingerprint density at radius 2 is 2.00 bits per heavy atom. The van der Waals surface area contributed by atoms with Gasteiger partial charge in [0, 0.05) is 12.0 Å². The van der Waals surface area contributed by atoms with Crippen molar-refractivity contribution < 1.29 is 4.74 Å². The molecule has 0 radical (unpaired) electrons. The second-order valence-corrected chi connectivity index (χ2v) is 4.04. The molecule has 1 aromatic rings. The van der Waals surface area contributed by atoms with Crippen LogP contribution >= 0.6 is 0 Å². The molecule has 3 heteroatoms.